The molecule has 1 aliphatic carbocycles. The molecule has 0 unspecified atom stereocenters. The van der Waals surface area contributed by atoms with E-state index in [0.717, 1.165) is 37.5 Å². The second-order valence-electron chi connectivity index (χ2n) is 6.34. The van der Waals surface area contributed by atoms with Crippen molar-refractivity contribution in [1.29, 1.82) is 5.26 Å². The molecule has 1 fully saturated rings. The Hall–Kier alpha value is -2.58. The Labute approximate surface area is 160 Å². The smallest absolute Gasteiger partial charge is 0.321 e. The monoisotopic (exact) mass is 415 g/mol. The Balaban J connectivity index is 1.86. The quantitative estimate of drug-likeness (QED) is 0.643. The van der Waals surface area contributed by atoms with Gasteiger partial charge in [0.05, 0.1) is 6.07 Å². The van der Waals surface area contributed by atoms with Crippen molar-refractivity contribution in [1.82, 2.24) is 10.0 Å². The topological polar surface area (TPSA) is 125 Å². The molecule has 11 heteroatoms. The molecule has 2 N–H and O–H groups in total. The van der Waals surface area contributed by atoms with Crippen molar-refractivity contribution in [2.75, 3.05) is 13.2 Å². The fourth-order valence-corrected chi connectivity index (χ4v) is 3.99. The van der Waals surface area contributed by atoms with Crippen LogP contribution in [0.2, 0.25) is 0 Å². The largest absolute Gasteiger partial charge is 0.455 e. The van der Waals surface area contributed by atoms with E-state index >= 15 is 0 Å². The fourth-order valence-electron chi connectivity index (χ4n) is 2.89. The number of hydrogen-bond donors (Lipinski definition) is 2. The summed E-state index contributed by atoms with van der Waals surface area (Å²) in [4.78, 5) is 22.4. The summed E-state index contributed by atoms with van der Waals surface area (Å²) < 4.78 is 57.4. The molecular formula is C17H19F2N3O5S. The molecular weight excluding hydrogens is 396 g/mol. The Bertz CT molecular complexity index is 872. The standard InChI is InChI=1S/C17H19F2N3O5S/c18-12-5-4-6-13(19)16(12)28(25,26)21-9-15(24)27-10-14(23)22-17(11-20)7-2-1-3-8-17/h4-6,21H,1-3,7-10H2,(H,22,23). The molecule has 1 aliphatic rings. The second kappa shape index (κ2) is 9.07. The van der Waals surface area contributed by atoms with Crippen molar-refractivity contribution >= 4 is 21.9 Å². The van der Waals surface area contributed by atoms with Gasteiger partial charge in [-0.2, -0.15) is 9.98 Å². The number of carbonyl (C=O) groups is 2. The van der Waals surface area contributed by atoms with Crippen LogP contribution in [0, 0.1) is 23.0 Å². The molecule has 0 aliphatic heterocycles. The van der Waals surface area contributed by atoms with Crippen LogP contribution in [0.25, 0.3) is 0 Å². The van der Waals surface area contributed by atoms with Gasteiger partial charge in [0.25, 0.3) is 5.91 Å². The lowest BCUT2D eigenvalue weighted by molar-refractivity contribution is -0.147. The van der Waals surface area contributed by atoms with Gasteiger partial charge in [-0.05, 0) is 25.0 Å². The highest BCUT2D eigenvalue weighted by Gasteiger charge is 2.33. The lowest BCUT2D eigenvalue weighted by atomic mass is 9.83. The number of rotatable bonds is 7. The van der Waals surface area contributed by atoms with Crippen LogP contribution in [0.5, 0.6) is 0 Å². The van der Waals surface area contributed by atoms with Crippen LogP contribution in [-0.2, 0) is 24.3 Å². The Morgan fingerprint density at radius 2 is 1.79 bits per heavy atom. The first-order chi connectivity index (χ1) is 13.2. The van der Waals surface area contributed by atoms with Crippen molar-refractivity contribution in [3.8, 4) is 6.07 Å². The molecule has 8 nitrogen and oxygen atoms in total. The summed E-state index contributed by atoms with van der Waals surface area (Å²) in [5.74, 6) is -4.44. The summed E-state index contributed by atoms with van der Waals surface area (Å²) >= 11 is 0. The molecule has 28 heavy (non-hydrogen) atoms. The summed E-state index contributed by atoms with van der Waals surface area (Å²) in [5.41, 5.74) is -0.994. The van der Waals surface area contributed by atoms with Gasteiger partial charge in [0, 0.05) is 0 Å². The molecule has 1 aromatic carbocycles. The van der Waals surface area contributed by atoms with Gasteiger partial charge >= 0.3 is 5.97 Å². The Morgan fingerprint density at radius 1 is 1.18 bits per heavy atom. The predicted molar refractivity (Wildman–Crippen MR) is 92.1 cm³/mol. The summed E-state index contributed by atoms with van der Waals surface area (Å²) in [6.07, 6.45) is 3.55. The van der Waals surface area contributed by atoms with E-state index in [9.17, 15) is 32.0 Å². The maximum absolute atomic E-state index is 13.6. The fraction of sp³-hybridized carbons (Fsp3) is 0.471. The number of nitrogens with zero attached hydrogens (tertiary/aromatic N) is 1. The molecule has 1 aromatic rings. The van der Waals surface area contributed by atoms with Gasteiger partial charge < -0.3 is 10.1 Å². The number of halogens is 2. The summed E-state index contributed by atoms with van der Waals surface area (Å²) in [6, 6.07) is 4.59. The molecule has 0 saturated heterocycles. The van der Waals surface area contributed by atoms with Crippen LogP contribution in [0.15, 0.2) is 23.1 Å². The van der Waals surface area contributed by atoms with Crippen LogP contribution >= 0.6 is 0 Å². The summed E-state index contributed by atoms with van der Waals surface area (Å²) in [5, 5.41) is 11.8. The van der Waals surface area contributed by atoms with Crippen molar-refractivity contribution in [2.45, 2.75) is 42.5 Å². The first-order valence-electron chi connectivity index (χ1n) is 8.51. The van der Waals surface area contributed by atoms with Crippen molar-refractivity contribution < 1.29 is 31.5 Å². The zero-order valence-electron chi connectivity index (χ0n) is 14.8. The van der Waals surface area contributed by atoms with Gasteiger partial charge in [0.15, 0.2) is 11.5 Å². The Morgan fingerprint density at radius 3 is 2.36 bits per heavy atom. The first-order valence-corrected chi connectivity index (χ1v) is 9.99. The van der Waals surface area contributed by atoms with Gasteiger partial charge in [-0.1, -0.05) is 25.3 Å². The third-order valence-corrected chi connectivity index (χ3v) is 5.71. The SMILES string of the molecule is N#CC1(NC(=O)COC(=O)CNS(=O)(=O)c2c(F)cccc2F)CCCCC1. The van der Waals surface area contributed by atoms with Gasteiger partial charge in [-0.15, -0.1) is 0 Å². The van der Waals surface area contributed by atoms with E-state index in [2.05, 4.69) is 16.1 Å². The van der Waals surface area contributed by atoms with Gasteiger partial charge in [-0.25, -0.2) is 17.2 Å². The predicted octanol–water partition coefficient (Wildman–Crippen LogP) is 1.13. The highest BCUT2D eigenvalue weighted by Crippen LogP contribution is 2.27. The minimum Gasteiger partial charge on any atom is -0.455 e. The van der Waals surface area contributed by atoms with E-state index in [-0.39, 0.29) is 0 Å². The minimum atomic E-state index is -4.64. The van der Waals surface area contributed by atoms with E-state index in [4.69, 9.17) is 0 Å². The number of hydrogen-bond acceptors (Lipinski definition) is 6. The Kier molecular flexibility index (Phi) is 7.04. The molecule has 1 saturated carbocycles. The van der Waals surface area contributed by atoms with E-state index in [1.807, 2.05) is 0 Å². The molecule has 0 aromatic heterocycles. The number of sulfonamides is 1. The summed E-state index contributed by atoms with van der Waals surface area (Å²) in [7, 11) is -4.64. The zero-order valence-corrected chi connectivity index (χ0v) is 15.7. The minimum absolute atomic E-state index is 0.497. The number of benzene rings is 1. The highest BCUT2D eigenvalue weighted by molar-refractivity contribution is 7.89. The number of carbonyl (C=O) groups excluding carboxylic acids is 2. The average molecular weight is 415 g/mol. The molecule has 0 radical (unpaired) electrons. The number of nitriles is 1. The first kappa shape index (κ1) is 21.7. The average Bonchev–Trinajstić information content (AvgIpc) is 2.65. The van der Waals surface area contributed by atoms with Crippen LogP contribution < -0.4 is 10.0 Å². The zero-order chi connectivity index (χ0) is 20.8. The summed E-state index contributed by atoms with van der Waals surface area (Å²) in [6.45, 7) is -1.63. The van der Waals surface area contributed by atoms with Gasteiger partial charge in [0.2, 0.25) is 10.0 Å². The highest BCUT2D eigenvalue weighted by atomic mass is 32.2. The molecule has 0 spiro atoms. The van der Waals surface area contributed by atoms with Gasteiger partial charge in [-0.3, -0.25) is 9.59 Å². The number of nitrogens with one attached hydrogen (secondary N) is 2. The van der Waals surface area contributed by atoms with Crippen molar-refractivity contribution in [2.24, 2.45) is 0 Å². The molecule has 0 heterocycles. The third-order valence-electron chi connectivity index (χ3n) is 4.26. The lowest BCUT2D eigenvalue weighted by Gasteiger charge is -2.31. The number of ether oxygens (including phenoxy) is 1. The lowest BCUT2D eigenvalue weighted by Crippen LogP contribution is -2.50. The van der Waals surface area contributed by atoms with Crippen LogP contribution in [0.3, 0.4) is 0 Å². The second-order valence-corrected chi connectivity index (χ2v) is 8.04. The van der Waals surface area contributed by atoms with Crippen LogP contribution in [-0.4, -0.2) is 39.0 Å². The van der Waals surface area contributed by atoms with E-state index in [0.29, 0.717) is 12.8 Å². The van der Waals surface area contributed by atoms with E-state index < -0.39 is 57.1 Å². The molecule has 0 atom stereocenters. The number of amides is 1. The molecule has 152 valence electrons. The van der Waals surface area contributed by atoms with E-state index in [1.54, 1.807) is 4.72 Å². The molecule has 0 bridgehead atoms. The maximum atomic E-state index is 13.6. The van der Waals surface area contributed by atoms with Crippen LogP contribution in [0.4, 0.5) is 8.78 Å². The van der Waals surface area contributed by atoms with E-state index in [1.165, 1.54) is 0 Å². The number of esters is 1. The molecule has 2 rings (SSSR count). The maximum Gasteiger partial charge on any atom is 0.321 e. The molecule has 1 amide bonds. The van der Waals surface area contributed by atoms with Gasteiger partial charge in [0.1, 0.15) is 23.7 Å². The van der Waals surface area contributed by atoms with Crippen molar-refractivity contribution in [3.05, 3.63) is 29.8 Å². The third kappa shape index (κ3) is 5.46. The van der Waals surface area contributed by atoms with Crippen LogP contribution in [0.1, 0.15) is 32.1 Å². The normalized spacial score (nSPS) is 16.0. The van der Waals surface area contributed by atoms with Crippen molar-refractivity contribution in [3.63, 3.8) is 0 Å².